The first-order valence-corrected chi connectivity index (χ1v) is 22.0. The number of hydrogen-bond acceptors (Lipinski definition) is 6. The zero-order chi connectivity index (χ0) is 38.7. The maximum Gasteiger partial charge on any atom is 0.306 e. The van der Waals surface area contributed by atoms with Gasteiger partial charge in [0.15, 0.2) is 0 Å². The molecule has 0 bridgehead atoms. The highest BCUT2D eigenvalue weighted by Gasteiger charge is 2.58. The molecule has 1 unspecified atom stereocenters. The Bertz CT molecular complexity index is 1470. The van der Waals surface area contributed by atoms with Crippen molar-refractivity contribution >= 4 is 23.4 Å². The van der Waals surface area contributed by atoms with Crippen LogP contribution in [0.2, 0.25) is 0 Å². The molecule has 0 saturated heterocycles. The topological polar surface area (TPSA) is 81.9 Å². The Balaban J connectivity index is 1.19. The average molecular weight is 745 g/mol. The summed E-state index contributed by atoms with van der Waals surface area (Å²) in [5.41, 5.74) is 2.26. The molecule has 7 nitrogen and oxygen atoms in total. The van der Waals surface area contributed by atoms with Crippen LogP contribution in [0.25, 0.3) is 6.08 Å². The number of nitro benzene ring substituents is 1. The van der Waals surface area contributed by atoms with Crippen molar-refractivity contribution in [1.29, 1.82) is 0 Å². The molecule has 0 fully saturated rings. The van der Waals surface area contributed by atoms with Gasteiger partial charge in [-0.05, 0) is 50.5 Å². The van der Waals surface area contributed by atoms with E-state index in [-0.39, 0.29) is 18.3 Å². The van der Waals surface area contributed by atoms with Crippen molar-refractivity contribution in [2.45, 2.75) is 200 Å². The predicted octanol–water partition coefficient (Wildman–Crippen LogP) is 13.9. The van der Waals surface area contributed by atoms with Crippen molar-refractivity contribution in [2.75, 3.05) is 11.4 Å². The van der Waals surface area contributed by atoms with E-state index in [9.17, 15) is 14.9 Å². The summed E-state index contributed by atoms with van der Waals surface area (Å²) in [7, 11) is 0. The Morgan fingerprint density at radius 3 is 1.81 bits per heavy atom. The Morgan fingerprint density at radius 1 is 0.741 bits per heavy atom. The van der Waals surface area contributed by atoms with Crippen LogP contribution in [-0.4, -0.2) is 23.2 Å². The van der Waals surface area contributed by atoms with Gasteiger partial charge in [0.25, 0.3) is 5.69 Å². The first-order valence-electron chi connectivity index (χ1n) is 22.0. The minimum absolute atomic E-state index is 0.0341. The van der Waals surface area contributed by atoms with Gasteiger partial charge in [0.05, 0.1) is 10.3 Å². The molecule has 0 saturated carbocycles. The number of fused-ring (bicyclic) bond motifs is 2. The Morgan fingerprint density at radius 2 is 1.26 bits per heavy atom. The van der Waals surface area contributed by atoms with Crippen molar-refractivity contribution in [1.82, 2.24) is 0 Å². The average Bonchev–Trinajstić information content (AvgIpc) is 3.34. The lowest BCUT2D eigenvalue weighted by molar-refractivity contribution is -0.385. The molecule has 1 atom stereocenters. The van der Waals surface area contributed by atoms with Gasteiger partial charge >= 0.3 is 5.97 Å². The van der Waals surface area contributed by atoms with Crippen LogP contribution in [0.5, 0.6) is 5.75 Å². The third kappa shape index (κ3) is 12.1. The van der Waals surface area contributed by atoms with E-state index >= 15 is 0 Å². The summed E-state index contributed by atoms with van der Waals surface area (Å²) < 4.78 is 12.8. The summed E-state index contributed by atoms with van der Waals surface area (Å²) in [6.07, 6.45) is 33.8. The second-order valence-corrected chi connectivity index (χ2v) is 16.5. The SMILES string of the molecule is CCCCCCCCCCCCCCCCCCCCCC(=O)OCc1cc([N+](=O)[O-])cc2c1OC1(C=C2)N(CCCCCC)c2ccccc2C1(C)C. The van der Waals surface area contributed by atoms with Crippen LogP contribution in [-0.2, 0) is 21.6 Å². The first-order chi connectivity index (χ1) is 26.2. The van der Waals surface area contributed by atoms with E-state index in [0.717, 1.165) is 50.8 Å². The molecule has 0 amide bonds. The van der Waals surface area contributed by atoms with E-state index in [1.54, 1.807) is 6.07 Å². The molecule has 54 heavy (non-hydrogen) atoms. The zero-order valence-electron chi connectivity index (χ0n) is 34.4. The van der Waals surface area contributed by atoms with Gasteiger partial charge in [-0.2, -0.15) is 0 Å². The number of ether oxygens (including phenoxy) is 2. The summed E-state index contributed by atoms with van der Waals surface area (Å²) in [6.45, 7) is 9.68. The van der Waals surface area contributed by atoms with Crippen LogP contribution < -0.4 is 9.64 Å². The summed E-state index contributed by atoms with van der Waals surface area (Å²) in [5, 5.41) is 11.9. The van der Waals surface area contributed by atoms with Crippen LogP contribution in [0.15, 0.2) is 42.5 Å². The molecule has 0 aliphatic carbocycles. The fraction of sp³-hybridized carbons (Fsp3) is 0.681. The molecule has 7 heteroatoms. The van der Waals surface area contributed by atoms with Crippen LogP contribution >= 0.6 is 0 Å². The molecule has 2 aliphatic heterocycles. The van der Waals surface area contributed by atoms with Crippen molar-refractivity contribution in [3.05, 3.63) is 69.3 Å². The monoisotopic (exact) mass is 745 g/mol. The minimum atomic E-state index is -0.822. The maximum atomic E-state index is 12.9. The highest BCUT2D eigenvalue weighted by Crippen LogP contribution is 2.55. The number of esters is 1. The van der Waals surface area contributed by atoms with Gasteiger partial charge in [-0.1, -0.05) is 167 Å². The first kappa shape index (κ1) is 43.4. The van der Waals surface area contributed by atoms with Crippen molar-refractivity contribution < 1.29 is 19.2 Å². The summed E-state index contributed by atoms with van der Waals surface area (Å²) in [5.74, 6) is 0.285. The number of carbonyl (C=O) groups is 1. The molecule has 2 aromatic carbocycles. The Kier molecular flexibility index (Phi) is 18.4. The standard InChI is InChI=1S/C47H72N2O5/c1-5-7-9-11-12-13-14-15-16-17-18-19-20-21-22-23-24-25-26-32-44(50)53-38-40-37-41(49(51)52)36-39-33-34-47(54-45(39)40)46(3,4)42-30-27-28-31-43(42)48(47)35-29-10-8-6-2/h27-28,30-31,33-34,36-37H,5-26,29,32,35,38H2,1-4H3. The fourth-order valence-corrected chi connectivity index (χ4v) is 8.54. The van der Waals surface area contributed by atoms with Gasteiger partial charge < -0.3 is 14.4 Å². The number of benzene rings is 2. The zero-order valence-corrected chi connectivity index (χ0v) is 34.4. The fourth-order valence-electron chi connectivity index (χ4n) is 8.54. The van der Waals surface area contributed by atoms with E-state index < -0.39 is 16.1 Å². The van der Waals surface area contributed by atoms with Crippen LogP contribution in [0.3, 0.4) is 0 Å². The largest absolute Gasteiger partial charge is 0.462 e. The quantitative estimate of drug-likeness (QED) is 0.0373. The van der Waals surface area contributed by atoms with E-state index in [1.165, 1.54) is 121 Å². The molecular formula is C47H72N2O5. The second kappa shape index (κ2) is 22.9. The second-order valence-electron chi connectivity index (χ2n) is 16.5. The van der Waals surface area contributed by atoms with E-state index in [2.05, 4.69) is 62.9 Å². The molecule has 0 aromatic heterocycles. The number of unbranched alkanes of at least 4 members (excludes halogenated alkanes) is 21. The molecule has 0 N–H and O–H groups in total. The normalized spacial score (nSPS) is 16.7. The van der Waals surface area contributed by atoms with E-state index in [1.807, 2.05) is 6.08 Å². The Hall–Kier alpha value is -3.35. The highest BCUT2D eigenvalue weighted by molar-refractivity contribution is 5.74. The maximum absolute atomic E-state index is 12.9. The van der Waals surface area contributed by atoms with Gasteiger partial charge in [0.1, 0.15) is 12.4 Å². The van der Waals surface area contributed by atoms with E-state index in [0.29, 0.717) is 23.3 Å². The van der Waals surface area contributed by atoms with Gasteiger partial charge in [-0.15, -0.1) is 0 Å². The van der Waals surface area contributed by atoms with Gasteiger partial charge in [0.2, 0.25) is 5.72 Å². The van der Waals surface area contributed by atoms with Crippen molar-refractivity contribution in [3.8, 4) is 5.75 Å². The van der Waals surface area contributed by atoms with Gasteiger partial charge in [0, 0.05) is 41.9 Å². The van der Waals surface area contributed by atoms with Crippen molar-refractivity contribution in [2.24, 2.45) is 0 Å². The van der Waals surface area contributed by atoms with Crippen LogP contribution in [0, 0.1) is 10.1 Å². The lowest BCUT2D eigenvalue weighted by Gasteiger charge is -2.47. The molecule has 300 valence electrons. The lowest BCUT2D eigenvalue weighted by Crippen LogP contribution is -2.59. The number of para-hydroxylation sites is 1. The summed E-state index contributed by atoms with van der Waals surface area (Å²) in [4.78, 5) is 26.8. The molecule has 0 radical (unpaired) electrons. The van der Waals surface area contributed by atoms with E-state index in [4.69, 9.17) is 9.47 Å². The summed E-state index contributed by atoms with van der Waals surface area (Å²) in [6, 6.07) is 11.6. The molecule has 2 aliphatic rings. The third-order valence-electron chi connectivity index (χ3n) is 11.9. The minimum Gasteiger partial charge on any atom is -0.462 e. The smallest absolute Gasteiger partial charge is 0.306 e. The lowest BCUT2D eigenvalue weighted by atomic mass is 9.76. The number of anilines is 1. The third-order valence-corrected chi connectivity index (χ3v) is 11.9. The predicted molar refractivity (Wildman–Crippen MR) is 224 cm³/mol. The number of hydrogen-bond donors (Lipinski definition) is 0. The number of rotatable bonds is 28. The van der Waals surface area contributed by atoms with Gasteiger partial charge in [-0.25, -0.2) is 0 Å². The van der Waals surface area contributed by atoms with Gasteiger partial charge in [-0.3, -0.25) is 14.9 Å². The molecular weight excluding hydrogens is 673 g/mol. The summed E-state index contributed by atoms with van der Waals surface area (Å²) >= 11 is 0. The number of non-ortho nitro benzene ring substituents is 1. The highest BCUT2D eigenvalue weighted by atomic mass is 16.6. The number of carbonyl (C=O) groups excluding carboxylic acids is 1. The molecule has 1 spiro atoms. The van der Waals surface area contributed by atoms with Crippen LogP contribution in [0.4, 0.5) is 11.4 Å². The number of nitro groups is 1. The molecule has 2 heterocycles. The van der Waals surface area contributed by atoms with Crippen LogP contribution in [0.1, 0.15) is 198 Å². The molecule has 2 aromatic rings. The van der Waals surface area contributed by atoms with Crippen molar-refractivity contribution in [3.63, 3.8) is 0 Å². The Labute approximate surface area is 327 Å². The molecule has 4 rings (SSSR count). The number of nitrogens with zero attached hydrogens (tertiary/aromatic N) is 2.